The summed E-state index contributed by atoms with van der Waals surface area (Å²) < 4.78 is 7.49. The van der Waals surface area contributed by atoms with Crippen molar-refractivity contribution in [2.45, 2.75) is 26.5 Å². The van der Waals surface area contributed by atoms with Crippen LogP contribution in [0.15, 0.2) is 72.4 Å². The van der Waals surface area contributed by atoms with Gasteiger partial charge in [0.2, 0.25) is 0 Å². The molecule has 2 heterocycles. The minimum Gasteiger partial charge on any atom is -0.491 e. The van der Waals surface area contributed by atoms with Crippen LogP contribution in [0, 0.1) is 0 Å². The molecule has 0 unspecified atom stereocenters. The number of hydrogen-bond donors (Lipinski definition) is 0. The number of rotatable bonds is 7. The lowest BCUT2D eigenvalue weighted by atomic mass is 10.2. The average molecular weight is 433 g/mol. The largest absolute Gasteiger partial charge is 0.491 e. The Kier molecular flexibility index (Phi) is 6.13. The smallest absolute Gasteiger partial charge is 0.273 e. The molecule has 4 rings (SSSR count). The Morgan fingerprint density at radius 3 is 2.58 bits per heavy atom. The van der Waals surface area contributed by atoms with Crippen molar-refractivity contribution in [2.75, 3.05) is 7.05 Å². The van der Waals surface area contributed by atoms with Gasteiger partial charge in [-0.25, -0.2) is 9.67 Å². The lowest BCUT2D eigenvalue weighted by Crippen LogP contribution is -2.26. The van der Waals surface area contributed by atoms with Crippen molar-refractivity contribution in [3.8, 4) is 22.0 Å². The summed E-state index contributed by atoms with van der Waals surface area (Å²) in [6.45, 7) is 4.45. The van der Waals surface area contributed by atoms with E-state index < -0.39 is 0 Å². The molecule has 1 amide bonds. The Labute approximate surface area is 185 Å². The molecule has 0 bridgehead atoms. The molecule has 2 aromatic heterocycles. The van der Waals surface area contributed by atoms with Gasteiger partial charge in [0.05, 0.1) is 18.0 Å². The minimum absolute atomic E-state index is 0.116. The molecule has 0 saturated heterocycles. The first-order valence-corrected chi connectivity index (χ1v) is 10.9. The number of benzene rings is 2. The molecule has 0 fully saturated rings. The van der Waals surface area contributed by atoms with Crippen molar-refractivity contribution in [3.05, 3.63) is 83.6 Å². The van der Waals surface area contributed by atoms with E-state index in [0.29, 0.717) is 12.2 Å². The summed E-state index contributed by atoms with van der Waals surface area (Å²) in [4.78, 5) is 19.1. The van der Waals surface area contributed by atoms with Gasteiger partial charge in [-0.2, -0.15) is 5.10 Å². The summed E-state index contributed by atoms with van der Waals surface area (Å²) in [6.07, 6.45) is 3.85. The highest BCUT2D eigenvalue weighted by Crippen LogP contribution is 2.26. The molecule has 0 spiro atoms. The predicted molar refractivity (Wildman–Crippen MR) is 123 cm³/mol. The summed E-state index contributed by atoms with van der Waals surface area (Å²) in [6, 6.07) is 17.7. The molecular formula is C24H24N4O2S. The molecule has 158 valence electrons. The number of nitrogens with zero attached hydrogens (tertiary/aromatic N) is 4. The van der Waals surface area contributed by atoms with E-state index in [-0.39, 0.29) is 12.0 Å². The van der Waals surface area contributed by atoms with Crippen LogP contribution in [0.3, 0.4) is 0 Å². The maximum Gasteiger partial charge on any atom is 0.273 e. The highest BCUT2D eigenvalue weighted by molar-refractivity contribution is 7.13. The predicted octanol–water partition coefficient (Wildman–Crippen LogP) is 5.06. The van der Waals surface area contributed by atoms with Crippen molar-refractivity contribution in [1.82, 2.24) is 19.7 Å². The zero-order valence-electron chi connectivity index (χ0n) is 17.7. The summed E-state index contributed by atoms with van der Waals surface area (Å²) in [5, 5.41) is 7.01. The fraction of sp³-hybridized carbons (Fsp3) is 0.208. The van der Waals surface area contributed by atoms with E-state index >= 15 is 0 Å². The van der Waals surface area contributed by atoms with Crippen LogP contribution in [0.1, 0.15) is 29.9 Å². The fourth-order valence-corrected chi connectivity index (χ4v) is 3.96. The molecule has 4 aromatic rings. The highest BCUT2D eigenvalue weighted by Gasteiger charge is 2.17. The number of aromatic nitrogens is 3. The van der Waals surface area contributed by atoms with Gasteiger partial charge < -0.3 is 9.64 Å². The van der Waals surface area contributed by atoms with E-state index in [9.17, 15) is 4.79 Å². The van der Waals surface area contributed by atoms with Gasteiger partial charge in [-0.3, -0.25) is 4.79 Å². The van der Waals surface area contributed by atoms with Crippen LogP contribution in [0.4, 0.5) is 0 Å². The quantitative estimate of drug-likeness (QED) is 0.410. The standard InChI is InChI=1S/C24H24N4O2S/c1-17(2)30-21-11-9-19(10-12-21)23-26-22(16-31-23)24(29)27(3)14-18-13-25-28(15-18)20-7-5-4-6-8-20/h4-13,15-17H,14H2,1-3H3. The number of carbonyl (C=O) groups excluding carboxylic acids is 1. The molecule has 0 radical (unpaired) electrons. The average Bonchev–Trinajstić information content (AvgIpc) is 3.44. The van der Waals surface area contributed by atoms with Crippen LogP contribution in [0.5, 0.6) is 5.75 Å². The van der Waals surface area contributed by atoms with Gasteiger partial charge in [0.15, 0.2) is 0 Å². The minimum atomic E-state index is -0.116. The zero-order valence-corrected chi connectivity index (χ0v) is 18.5. The first kappa shape index (κ1) is 20.8. The van der Waals surface area contributed by atoms with Crippen molar-refractivity contribution >= 4 is 17.2 Å². The van der Waals surface area contributed by atoms with E-state index in [2.05, 4.69) is 10.1 Å². The number of amides is 1. The van der Waals surface area contributed by atoms with Crippen LogP contribution < -0.4 is 4.74 Å². The number of carbonyl (C=O) groups is 1. The summed E-state index contributed by atoms with van der Waals surface area (Å²) in [7, 11) is 1.78. The lowest BCUT2D eigenvalue weighted by molar-refractivity contribution is 0.0780. The highest BCUT2D eigenvalue weighted by atomic mass is 32.1. The number of para-hydroxylation sites is 1. The number of ether oxygens (including phenoxy) is 1. The van der Waals surface area contributed by atoms with Crippen molar-refractivity contribution in [1.29, 1.82) is 0 Å². The molecule has 6 nitrogen and oxygen atoms in total. The maximum atomic E-state index is 12.9. The molecule has 0 N–H and O–H groups in total. The number of thiazole rings is 1. The van der Waals surface area contributed by atoms with E-state index in [1.165, 1.54) is 11.3 Å². The van der Waals surface area contributed by atoms with E-state index in [0.717, 1.165) is 27.6 Å². The van der Waals surface area contributed by atoms with E-state index in [1.54, 1.807) is 28.2 Å². The van der Waals surface area contributed by atoms with Gasteiger partial charge in [0.25, 0.3) is 5.91 Å². The van der Waals surface area contributed by atoms with Crippen LogP contribution in [0.2, 0.25) is 0 Å². The first-order valence-electron chi connectivity index (χ1n) is 10.1. The summed E-state index contributed by atoms with van der Waals surface area (Å²) in [5.74, 6) is 0.706. The summed E-state index contributed by atoms with van der Waals surface area (Å²) >= 11 is 1.46. The molecular weight excluding hydrogens is 408 g/mol. The normalized spacial score (nSPS) is 11.0. The third-order valence-electron chi connectivity index (χ3n) is 4.62. The second kappa shape index (κ2) is 9.14. The third kappa shape index (κ3) is 5.00. The third-order valence-corrected chi connectivity index (χ3v) is 5.51. The second-order valence-electron chi connectivity index (χ2n) is 7.52. The monoisotopic (exact) mass is 432 g/mol. The van der Waals surface area contributed by atoms with Crippen molar-refractivity contribution in [2.24, 2.45) is 0 Å². The first-order chi connectivity index (χ1) is 15.0. The Morgan fingerprint density at radius 2 is 1.87 bits per heavy atom. The summed E-state index contributed by atoms with van der Waals surface area (Å²) in [5.41, 5.74) is 3.35. The lowest BCUT2D eigenvalue weighted by Gasteiger charge is -2.14. The molecule has 31 heavy (non-hydrogen) atoms. The molecule has 0 saturated carbocycles. The molecule has 7 heteroatoms. The molecule has 0 atom stereocenters. The van der Waals surface area contributed by atoms with Gasteiger partial charge in [-0.05, 0) is 50.2 Å². The fourth-order valence-electron chi connectivity index (χ4n) is 3.16. The van der Waals surface area contributed by atoms with E-state index in [1.807, 2.05) is 74.6 Å². The second-order valence-corrected chi connectivity index (χ2v) is 8.38. The van der Waals surface area contributed by atoms with Gasteiger partial charge in [-0.15, -0.1) is 11.3 Å². The van der Waals surface area contributed by atoms with Gasteiger partial charge >= 0.3 is 0 Å². The Bertz CT molecular complexity index is 1150. The number of hydrogen-bond acceptors (Lipinski definition) is 5. The Balaban J connectivity index is 1.42. The molecule has 0 aliphatic carbocycles. The van der Waals surface area contributed by atoms with Crippen LogP contribution >= 0.6 is 11.3 Å². The topological polar surface area (TPSA) is 60.2 Å². The zero-order chi connectivity index (χ0) is 21.8. The molecule has 2 aromatic carbocycles. The Morgan fingerprint density at radius 1 is 1.13 bits per heavy atom. The van der Waals surface area contributed by atoms with Gasteiger partial charge in [0.1, 0.15) is 16.5 Å². The van der Waals surface area contributed by atoms with Crippen LogP contribution in [-0.2, 0) is 6.54 Å². The van der Waals surface area contributed by atoms with Crippen LogP contribution in [-0.4, -0.2) is 38.7 Å². The van der Waals surface area contributed by atoms with Crippen molar-refractivity contribution in [3.63, 3.8) is 0 Å². The molecule has 0 aliphatic heterocycles. The van der Waals surface area contributed by atoms with E-state index in [4.69, 9.17) is 4.74 Å². The molecule has 0 aliphatic rings. The van der Waals surface area contributed by atoms with Crippen LogP contribution in [0.25, 0.3) is 16.3 Å². The van der Waals surface area contributed by atoms with Gasteiger partial charge in [-0.1, -0.05) is 18.2 Å². The maximum absolute atomic E-state index is 12.9. The Hall–Kier alpha value is -3.45. The van der Waals surface area contributed by atoms with Crippen molar-refractivity contribution < 1.29 is 9.53 Å². The van der Waals surface area contributed by atoms with Gasteiger partial charge in [0, 0.05) is 36.3 Å². The SMILES string of the molecule is CC(C)Oc1ccc(-c2nc(C(=O)N(C)Cc3cnn(-c4ccccc4)c3)cs2)cc1.